The van der Waals surface area contributed by atoms with Gasteiger partial charge in [-0.05, 0) is 31.2 Å². The van der Waals surface area contributed by atoms with E-state index < -0.39 is 6.10 Å². The molecule has 6 nitrogen and oxygen atoms in total. The van der Waals surface area contributed by atoms with E-state index in [0.717, 1.165) is 21.8 Å². The van der Waals surface area contributed by atoms with Gasteiger partial charge in [0.25, 0.3) is 5.91 Å². The first-order valence-corrected chi connectivity index (χ1v) is 10.1. The Morgan fingerprint density at radius 1 is 1.14 bits per heavy atom. The van der Waals surface area contributed by atoms with Crippen LogP contribution in [0.1, 0.15) is 33.3 Å². The molecule has 2 heterocycles. The Hall–Kier alpha value is -2.90. The highest BCUT2D eigenvalue weighted by molar-refractivity contribution is 7.13. The molecular weight excluding hydrogens is 388 g/mol. The lowest BCUT2D eigenvalue weighted by atomic mass is 9.94. The highest BCUT2D eigenvalue weighted by atomic mass is 32.1. The number of aliphatic hydroxyl groups is 1. The number of fused-ring (bicyclic) bond motifs is 1. The molecule has 0 saturated heterocycles. The SMILES string of the molecule is COc1ccc(OC)c2c1CN(C(=O)c1ccc(-c3nc(C)cs3)cc1)CC2O. The first-order valence-electron chi connectivity index (χ1n) is 9.25. The van der Waals surface area contributed by atoms with Crippen LogP contribution in [-0.2, 0) is 6.54 Å². The summed E-state index contributed by atoms with van der Waals surface area (Å²) in [7, 11) is 3.14. The summed E-state index contributed by atoms with van der Waals surface area (Å²) in [4.78, 5) is 19.2. The fraction of sp³-hybridized carbons (Fsp3) is 0.273. The number of ether oxygens (including phenoxy) is 2. The molecule has 1 aromatic heterocycles. The van der Waals surface area contributed by atoms with E-state index >= 15 is 0 Å². The number of nitrogens with zero attached hydrogens (tertiary/aromatic N) is 2. The number of β-amino-alcohol motifs (C(OH)–C–C–N with tert-alkyl or cyclic N) is 1. The fourth-order valence-electron chi connectivity index (χ4n) is 3.66. The topological polar surface area (TPSA) is 71.9 Å². The molecular formula is C22H22N2O4S. The summed E-state index contributed by atoms with van der Waals surface area (Å²) in [5, 5.41) is 13.7. The van der Waals surface area contributed by atoms with Crippen molar-refractivity contribution in [1.29, 1.82) is 0 Å². The Morgan fingerprint density at radius 2 is 1.83 bits per heavy atom. The monoisotopic (exact) mass is 410 g/mol. The van der Waals surface area contributed by atoms with Crippen LogP contribution in [0, 0.1) is 6.92 Å². The molecule has 1 aliphatic rings. The van der Waals surface area contributed by atoms with E-state index in [-0.39, 0.29) is 12.5 Å². The number of amides is 1. The van der Waals surface area contributed by atoms with Crippen molar-refractivity contribution in [1.82, 2.24) is 9.88 Å². The summed E-state index contributed by atoms with van der Waals surface area (Å²) in [6.07, 6.45) is -0.842. The number of hydrogen-bond acceptors (Lipinski definition) is 6. The van der Waals surface area contributed by atoms with Gasteiger partial charge in [-0.25, -0.2) is 4.98 Å². The van der Waals surface area contributed by atoms with Crippen LogP contribution in [0.4, 0.5) is 0 Å². The van der Waals surface area contributed by atoms with E-state index in [1.807, 2.05) is 24.4 Å². The van der Waals surface area contributed by atoms with Crippen LogP contribution >= 0.6 is 11.3 Å². The molecule has 0 aliphatic carbocycles. The van der Waals surface area contributed by atoms with Gasteiger partial charge in [0.1, 0.15) is 22.6 Å². The van der Waals surface area contributed by atoms with E-state index in [0.29, 0.717) is 29.2 Å². The number of rotatable bonds is 4. The Labute approximate surface area is 173 Å². The minimum Gasteiger partial charge on any atom is -0.496 e. The zero-order chi connectivity index (χ0) is 20.5. The minimum absolute atomic E-state index is 0.138. The normalized spacial score (nSPS) is 15.7. The zero-order valence-corrected chi connectivity index (χ0v) is 17.3. The Kier molecular flexibility index (Phi) is 5.25. The predicted molar refractivity (Wildman–Crippen MR) is 112 cm³/mol. The van der Waals surface area contributed by atoms with Gasteiger partial charge in [0, 0.05) is 33.3 Å². The molecule has 150 valence electrons. The molecule has 1 atom stereocenters. The molecule has 7 heteroatoms. The van der Waals surface area contributed by atoms with Crippen LogP contribution in [0.5, 0.6) is 11.5 Å². The molecule has 29 heavy (non-hydrogen) atoms. The minimum atomic E-state index is -0.842. The lowest BCUT2D eigenvalue weighted by molar-refractivity contribution is 0.0538. The van der Waals surface area contributed by atoms with Crippen LogP contribution in [0.2, 0.25) is 0 Å². The van der Waals surface area contributed by atoms with Crippen LogP contribution in [0.25, 0.3) is 10.6 Å². The third-order valence-corrected chi connectivity index (χ3v) is 6.08. The van der Waals surface area contributed by atoms with Gasteiger partial charge < -0.3 is 19.5 Å². The van der Waals surface area contributed by atoms with Crippen molar-refractivity contribution in [3.8, 4) is 22.1 Å². The van der Waals surface area contributed by atoms with Gasteiger partial charge in [-0.2, -0.15) is 0 Å². The van der Waals surface area contributed by atoms with Crippen molar-refractivity contribution in [2.75, 3.05) is 20.8 Å². The second-order valence-electron chi connectivity index (χ2n) is 6.94. The van der Waals surface area contributed by atoms with Crippen molar-refractivity contribution >= 4 is 17.2 Å². The molecule has 3 aromatic rings. The first-order chi connectivity index (χ1) is 14.0. The average molecular weight is 410 g/mol. The quantitative estimate of drug-likeness (QED) is 0.708. The van der Waals surface area contributed by atoms with Gasteiger partial charge in [0.2, 0.25) is 0 Å². The molecule has 4 rings (SSSR count). The lowest BCUT2D eigenvalue weighted by Gasteiger charge is -2.34. The van der Waals surface area contributed by atoms with Gasteiger partial charge in [-0.15, -0.1) is 11.3 Å². The van der Waals surface area contributed by atoms with Crippen molar-refractivity contribution in [2.24, 2.45) is 0 Å². The van der Waals surface area contributed by atoms with E-state index in [1.54, 1.807) is 54.7 Å². The van der Waals surface area contributed by atoms with Crippen LogP contribution in [0.15, 0.2) is 41.8 Å². The number of aromatic nitrogens is 1. The second kappa shape index (κ2) is 7.85. The Bertz CT molecular complexity index is 1050. The number of methoxy groups -OCH3 is 2. The van der Waals surface area contributed by atoms with Gasteiger partial charge in [0.15, 0.2) is 0 Å². The predicted octanol–water partition coefficient (Wildman–Crippen LogP) is 3.83. The highest BCUT2D eigenvalue weighted by Gasteiger charge is 2.32. The van der Waals surface area contributed by atoms with Crippen molar-refractivity contribution < 1.29 is 19.4 Å². The largest absolute Gasteiger partial charge is 0.496 e. The van der Waals surface area contributed by atoms with Gasteiger partial charge in [-0.3, -0.25) is 4.79 Å². The molecule has 0 radical (unpaired) electrons. The summed E-state index contributed by atoms with van der Waals surface area (Å²) < 4.78 is 10.8. The summed E-state index contributed by atoms with van der Waals surface area (Å²) in [5.41, 5.74) is 3.99. The third-order valence-electron chi connectivity index (χ3n) is 5.07. The highest BCUT2D eigenvalue weighted by Crippen LogP contribution is 2.39. The average Bonchev–Trinajstić information content (AvgIpc) is 3.18. The third kappa shape index (κ3) is 3.59. The number of aryl methyl sites for hydroxylation is 1. The number of benzene rings is 2. The molecule has 0 spiro atoms. The van der Waals surface area contributed by atoms with Gasteiger partial charge in [0.05, 0.1) is 27.3 Å². The van der Waals surface area contributed by atoms with E-state index in [2.05, 4.69) is 4.98 Å². The lowest BCUT2D eigenvalue weighted by Crippen LogP contribution is -2.38. The summed E-state index contributed by atoms with van der Waals surface area (Å²) >= 11 is 1.58. The fourth-order valence-corrected chi connectivity index (χ4v) is 4.46. The van der Waals surface area contributed by atoms with Crippen LogP contribution in [-0.4, -0.2) is 41.7 Å². The van der Waals surface area contributed by atoms with E-state index in [1.165, 1.54) is 0 Å². The number of carbonyl (C=O) groups excluding carboxylic acids is 1. The maximum Gasteiger partial charge on any atom is 0.254 e. The van der Waals surface area contributed by atoms with Crippen LogP contribution in [0.3, 0.4) is 0 Å². The van der Waals surface area contributed by atoms with Crippen molar-refractivity contribution in [2.45, 2.75) is 19.6 Å². The Balaban J connectivity index is 1.61. The summed E-state index contributed by atoms with van der Waals surface area (Å²) in [6.45, 7) is 2.50. The Morgan fingerprint density at radius 3 is 2.45 bits per heavy atom. The zero-order valence-electron chi connectivity index (χ0n) is 16.5. The van der Waals surface area contributed by atoms with Gasteiger partial charge in [-0.1, -0.05) is 12.1 Å². The van der Waals surface area contributed by atoms with Gasteiger partial charge >= 0.3 is 0 Å². The van der Waals surface area contributed by atoms with Crippen LogP contribution < -0.4 is 9.47 Å². The molecule has 1 amide bonds. The van der Waals surface area contributed by atoms with Crippen molar-refractivity contribution in [3.05, 3.63) is 64.2 Å². The molecule has 0 bridgehead atoms. The number of hydrogen-bond donors (Lipinski definition) is 1. The molecule has 2 aromatic carbocycles. The number of carbonyl (C=O) groups is 1. The summed E-state index contributed by atoms with van der Waals surface area (Å²) in [5.74, 6) is 1.09. The summed E-state index contributed by atoms with van der Waals surface area (Å²) in [6, 6.07) is 11.0. The maximum atomic E-state index is 13.1. The molecule has 1 N–H and O–H groups in total. The number of thiazole rings is 1. The molecule has 0 saturated carbocycles. The molecule has 0 fully saturated rings. The smallest absolute Gasteiger partial charge is 0.254 e. The first kappa shape index (κ1) is 19.4. The van der Waals surface area contributed by atoms with E-state index in [4.69, 9.17) is 9.47 Å². The molecule has 1 unspecified atom stereocenters. The van der Waals surface area contributed by atoms with E-state index in [9.17, 15) is 9.90 Å². The van der Waals surface area contributed by atoms with Crippen molar-refractivity contribution in [3.63, 3.8) is 0 Å². The standard InChI is InChI=1S/C22H22N2O4S/c1-13-12-29-21(23-13)14-4-6-15(7-5-14)22(26)24-10-16-18(27-2)8-9-19(28-3)20(16)17(25)11-24/h4-9,12,17,25H,10-11H2,1-3H3. The number of aliphatic hydroxyl groups excluding tert-OH is 1. The molecule has 1 aliphatic heterocycles. The maximum absolute atomic E-state index is 13.1. The second-order valence-corrected chi connectivity index (χ2v) is 7.79.